The summed E-state index contributed by atoms with van der Waals surface area (Å²) in [5.41, 5.74) is 0.699. The van der Waals surface area contributed by atoms with Crippen LogP contribution in [0.25, 0.3) is 0 Å². The molecule has 0 aliphatic heterocycles. The average Bonchev–Trinajstić information content (AvgIpc) is 2.71. The second-order valence-electron chi connectivity index (χ2n) is 5.95. The van der Waals surface area contributed by atoms with Crippen molar-refractivity contribution in [3.05, 3.63) is 35.6 Å². The quantitative estimate of drug-likeness (QED) is 0.577. The van der Waals surface area contributed by atoms with Gasteiger partial charge in [-0.05, 0) is 56.8 Å². The van der Waals surface area contributed by atoms with Gasteiger partial charge in [0, 0.05) is 18.1 Å². The number of hydrogen-bond acceptors (Lipinski definition) is 3. The Morgan fingerprint density at radius 2 is 2.05 bits per heavy atom. The van der Waals surface area contributed by atoms with Gasteiger partial charge in [0.2, 0.25) is 0 Å². The molecule has 2 aliphatic rings. The molecule has 0 atom stereocenters. The van der Waals surface area contributed by atoms with Crippen molar-refractivity contribution in [3.8, 4) is 0 Å². The van der Waals surface area contributed by atoms with Crippen LogP contribution in [-0.4, -0.2) is 25.6 Å². The SMILES string of the molecule is C=C1CC2(CCC(OC)CC2)C(=O)/C1=C/C(=C\C)OC(F)F. The predicted molar refractivity (Wildman–Crippen MR) is 79.4 cm³/mol. The van der Waals surface area contributed by atoms with Crippen LogP contribution in [0.3, 0.4) is 0 Å². The molecule has 0 bridgehead atoms. The van der Waals surface area contributed by atoms with Crippen LogP contribution >= 0.6 is 0 Å². The molecule has 0 heterocycles. The molecule has 0 unspecified atom stereocenters. The smallest absolute Gasteiger partial charge is 0.387 e. The lowest BCUT2D eigenvalue weighted by molar-refractivity contribution is -0.126. The Kier molecular flexibility index (Phi) is 5.16. The van der Waals surface area contributed by atoms with Gasteiger partial charge in [-0.2, -0.15) is 8.78 Å². The Balaban J connectivity index is 2.19. The largest absolute Gasteiger partial charge is 0.435 e. The molecule has 2 rings (SSSR count). The molecular weight excluding hydrogens is 290 g/mol. The number of halogens is 2. The molecule has 22 heavy (non-hydrogen) atoms. The van der Waals surface area contributed by atoms with E-state index in [1.807, 2.05) is 0 Å². The molecule has 5 heteroatoms. The summed E-state index contributed by atoms with van der Waals surface area (Å²) >= 11 is 0. The van der Waals surface area contributed by atoms with E-state index in [0.29, 0.717) is 17.6 Å². The first-order chi connectivity index (χ1) is 10.4. The van der Waals surface area contributed by atoms with Crippen LogP contribution in [0.1, 0.15) is 39.0 Å². The van der Waals surface area contributed by atoms with Crippen molar-refractivity contribution in [1.82, 2.24) is 0 Å². The van der Waals surface area contributed by atoms with Gasteiger partial charge in [0.15, 0.2) is 5.78 Å². The van der Waals surface area contributed by atoms with Gasteiger partial charge in [-0.1, -0.05) is 6.58 Å². The lowest BCUT2D eigenvalue weighted by Gasteiger charge is -2.34. The van der Waals surface area contributed by atoms with Gasteiger partial charge in [-0.3, -0.25) is 4.79 Å². The number of ether oxygens (including phenoxy) is 2. The van der Waals surface area contributed by atoms with E-state index in [9.17, 15) is 13.6 Å². The van der Waals surface area contributed by atoms with E-state index in [-0.39, 0.29) is 17.6 Å². The minimum atomic E-state index is -2.90. The minimum Gasteiger partial charge on any atom is -0.435 e. The second kappa shape index (κ2) is 6.73. The van der Waals surface area contributed by atoms with Crippen LogP contribution in [0.4, 0.5) is 8.78 Å². The second-order valence-corrected chi connectivity index (χ2v) is 5.95. The Bertz CT molecular complexity index is 512. The fourth-order valence-electron chi connectivity index (χ4n) is 3.41. The van der Waals surface area contributed by atoms with Crippen molar-refractivity contribution >= 4 is 5.78 Å². The Morgan fingerprint density at radius 3 is 2.55 bits per heavy atom. The van der Waals surface area contributed by atoms with Gasteiger partial charge in [-0.15, -0.1) is 0 Å². The number of carbonyl (C=O) groups excluding carboxylic acids is 1. The molecule has 2 saturated carbocycles. The third kappa shape index (κ3) is 3.29. The molecule has 2 fully saturated rings. The molecular formula is C17H22F2O3. The van der Waals surface area contributed by atoms with E-state index < -0.39 is 12.0 Å². The average molecular weight is 312 g/mol. The van der Waals surface area contributed by atoms with Crippen molar-refractivity contribution in [1.29, 1.82) is 0 Å². The highest BCUT2D eigenvalue weighted by atomic mass is 19.3. The normalized spacial score (nSPS) is 31.6. The van der Waals surface area contributed by atoms with Crippen LogP contribution in [0.5, 0.6) is 0 Å². The van der Waals surface area contributed by atoms with Gasteiger partial charge >= 0.3 is 6.61 Å². The number of rotatable bonds is 4. The van der Waals surface area contributed by atoms with Crippen LogP contribution in [0.2, 0.25) is 0 Å². The molecule has 3 nitrogen and oxygen atoms in total. The lowest BCUT2D eigenvalue weighted by Crippen LogP contribution is -2.34. The number of carbonyl (C=O) groups is 1. The summed E-state index contributed by atoms with van der Waals surface area (Å²) in [6, 6.07) is 0. The van der Waals surface area contributed by atoms with Crippen molar-refractivity contribution < 1.29 is 23.0 Å². The number of methoxy groups -OCH3 is 1. The topological polar surface area (TPSA) is 35.5 Å². The van der Waals surface area contributed by atoms with Gasteiger partial charge < -0.3 is 9.47 Å². The highest BCUT2D eigenvalue weighted by Gasteiger charge is 2.48. The van der Waals surface area contributed by atoms with E-state index in [1.165, 1.54) is 12.2 Å². The summed E-state index contributed by atoms with van der Waals surface area (Å²) in [7, 11) is 1.68. The van der Waals surface area contributed by atoms with Crippen molar-refractivity contribution in [2.24, 2.45) is 5.41 Å². The fraction of sp³-hybridized carbons (Fsp3) is 0.588. The molecule has 0 aromatic rings. The van der Waals surface area contributed by atoms with E-state index >= 15 is 0 Å². The summed E-state index contributed by atoms with van der Waals surface area (Å²) in [6.45, 7) is 2.64. The van der Waals surface area contributed by atoms with E-state index in [1.54, 1.807) is 14.0 Å². The highest BCUT2D eigenvalue weighted by molar-refractivity contribution is 6.07. The van der Waals surface area contributed by atoms with Crippen molar-refractivity contribution in [3.63, 3.8) is 0 Å². The zero-order chi connectivity index (χ0) is 16.3. The first-order valence-corrected chi connectivity index (χ1v) is 7.50. The first-order valence-electron chi connectivity index (χ1n) is 7.50. The molecule has 2 aliphatic carbocycles. The monoisotopic (exact) mass is 312 g/mol. The zero-order valence-corrected chi connectivity index (χ0v) is 13.0. The zero-order valence-electron chi connectivity index (χ0n) is 13.0. The van der Waals surface area contributed by atoms with E-state index in [2.05, 4.69) is 11.3 Å². The molecule has 1 spiro atoms. The predicted octanol–water partition coefficient (Wildman–Crippen LogP) is 4.16. The number of Topliss-reactive ketones (excluding diaryl/α,β-unsaturated/α-hetero) is 1. The standard InChI is InChI=1S/C17H22F2O3/c1-4-12(22-16(18)19)9-14-11(2)10-17(15(14)20)7-5-13(21-3)6-8-17/h4,9,13,16H,2,5-8,10H2,1,3H3/b12-4+,14-9+. The maximum atomic E-state index is 12.8. The van der Waals surface area contributed by atoms with Crippen LogP contribution in [0, 0.1) is 5.41 Å². The number of alkyl halides is 2. The van der Waals surface area contributed by atoms with E-state index in [0.717, 1.165) is 25.7 Å². The molecule has 0 saturated heterocycles. The van der Waals surface area contributed by atoms with Crippen molar-refractivity contribution in [2.45, 2.75) is 51.7 Å². The summed E-state index contributed by atoms with van der Waals surface area (Å²) in [6.07, 6.45) is 6.80. The maximum Gasteiger partial charge on any atom is 0.387 e. The molecule has 0 amide bonds. The Labute approximate surface area is 129 Å². The molecule has 122 valence electrons. The maximum absolute atomic E-state index is 12.8. The van der Waals surface area contributed by atoms with Gasteiger partial charge in [0.05, 0.1) is 6.10 Å². The Hall–Kier alpha value is -1.49. The van der Waals surface area contributed by atoms with Crippen molar-refractivity contribution in [2.75, 3.05) is 7.11 Å². The van der Waals surface area contributed by atoms with Crippen LogP contribution in [0.15, 0.2) is 35.6 Å². The van der Waals surface area contributed by atoms with Gasteiger partial charge in [0.25, 0.3) is 0 Å². The summed E-state index contributed by atoms with van der Waals surface area (Å²) < 4.78 is 34.5. The highest BCUT2D eigenvalue weighted by Crippen LogP contribution is 2.51. The fourth-order valence-corrected chi connectivity index (χ4v) is 3.41. The minimum absolute atomic E-state index is 0.00197. The van der Waals surface area contributed by atoms with E-state index in [4.69, 9.17) is 4.74 Å². The summed E-state index contributed by atoms with van der Waals surface area (Å²) in [5, 5.41) is 0. The number of allylic oxidation sites excluding steroid dienone is 4. The number of hydrogen-bond donors (Lipinski definition) is 0. The first kappa shape index (κ1) is 16.9. The summed E-state index contributed by atoms with van der Waals surface area (Å²) in [5.74, 6) is 0.00592. The Morgan fingerprint density at radius 1 is 1.41 bits per heavy atom. The molecule has 0 aromatic heterocycles. The molecule has 0 N–H and O–H groups in total. The van der Waals surface area contributed by atoms with Crippen LogP contribution in [-0.2, 0) is 14.3 Å². The van der Waals surface area contributed by atoms with Gasteiger partial charge in [-0.25, -0.2) is 0 Å². The van der Waals surface area contributed by atoms with Crippen LogP contribution < -0.4 is 0 Å². The molecule has 0 aromatic carbocycles. The third-order valence-corrected chi connectivity index (χ3v) is 4.68. The lowest BCUT2D eigenvalue weighted by atomic mass is 9.71. The van der Waals surface area contributed by atoms with Gasteiger partial charge in [0.1, 0.15) is 5.76 Å². The molecule has 0 radical (unpaired) electrons. The number of ketones is 1. The third-order valence-electron chi connectivity index (χ3n) is 4.68. The summed E-state index contributed by atoms with van der Waals surface area (Å²) in [4.78, 5) is 12.8.